The maximum Gasteiger partial charge on any atom is 1.00 e. The predicted molar refractivity (Wildman–Crippen MR) is 396 cm³/mol. The van der Waals surface area contributed by atoms with Gasteiger partial charge < -0.3 is 46.9 Å². The van der Waals surface area contributed by atoms with E-state index >= 15 is 0 Å². The standard InChI is InChI=1S/C26H28F2N4O5.C24H26F2N4O3.C22H22F2N4O3.C4H7ClO2.B.2Li.H2O.H/c1-14(2)36-26(35)37-25(34)16-7-9-18(10-8-16)32-13-17-11-22(19(23(27)28)12-21(17)31-32)30-24(33)20-6-4-5-15(3)29-20;1-3-33-24(32)15-7-9-17(10-8-15)30-13-16-11-21(18(22(25)26)12-20(16)29-30)28-23(31)19-6-4-5-14(2)27-19;1-12-3-2-4-17(25-12)21(29)26-19-9-14-11-28(27-18(14)10-16(19)20(23)24)15-7-5-13(6-8-15)22(30)31;1-3(2)7-4(5)6;;;;;/h4-6,11-14,16,18,23H,7-10H2,1-3H3,(H,30,33);4-6,11-13,15,17,22H,3,7-10H2,1-2H3,(H,28,31);2-4,9-11,13,15,20H,5-8H2,1H3,(H,26,29)(H,30,31);3H,1-2H3;;;;1H2;/q;;;;;2*+1;;-1/p-1. The Labute approximate surface area is 673 Å². The van der Waals surface area contributed by atoms with Gasteiger partial charge >= 0.3 is 67.2 Å². The Morgan fingerprint density at radius 1 is 0.491 bits per heavy atom. The number of aliphatic carboxylic acids is 1. The number of carbonyl (C=O) groups excluding carboxylic acids is 7. The van der Waals surface area contributed by atoms with Crippen LogP contribution in [0.25, 0.3) is 32.7 Å². The van der Waals surface area contributed by atoms with Crippen LogP contribution in [0.2, 0.25) is 0 Å². The fraction of sp³-hybridized carbons (Fsp3) is 0.421. The minimum atomic E-state index is -2.82. The summed E-state index contributed by atoms with van der Waals surface area (Å²) < 4.78 is 107. The molecule has 3 aliphatic carbocycles. The molecule has 6 aromatic heterocycles. The average Bonchev–Trinajstić information content (AvgIpc) is 1.67. The van der Waals surface area contributed by atoms with E-state index in [1.165, 1.54) is 54.6 Å². The summed E-state index contributed by atoms with van der Waals surface area (Å²) in [5, 5.41) is 32.2. The van der Waals surface area contributed by atoms with Crippen LogP contribution in [0.4, 0.5) is 53.0 Å². The zero-order valence-electron chi connectivity index (χ0n) is 64.5. The Balaban J connectivity index is 0.000000336. The van der Waals surface area contributed by atoms with Crippen LogP contribution in [0.15, 0.2) is 110 Å². The van der Waals surface area contributed by atoms with Gasteiger partial charge in [-0.15, -0.1) is 0 Å². The molecule has 0 unspecified atom stereocenters. The van der Waals surface area contributed by atoms with Crippen LogP contribution in [0.1, 0.15) is 216 Å². The van der Waals surface area contributed by atoms with E-state index in [9.17, 15) is 64.7 Å². The second-order valence-corrected chi connectivity index (χ2v) is 27.2. The number of carboxylic acids is 1. The third kappa shape index (κ3) is 25.4. The minimum absolute atomic E-state index is 0. The van der Waals surface area contributed by atoms with Gasteiger partial charge in [0.15, 0.2) is 0 Å². The number of nitrogens with zero attached hydrogens (tertiary/aromatic N) is 9. The quantitative estimate of drug-likeness (QED) is 0.0155. The normalized spacial score (nSPS) is 17.1. The number of hydrogen-bond acceptors (Lipinski definition) is 19. The van der Waals surface area contributed by atoms with Gasteiger partial charge in [0.25, 0.3) is 37.0 Å². The van der Waals surface area contributed by atoms with Crippen molar-refractivity contribution in [3.8, 4) is 0 Å². The molecule has 0 bridgehead atoms. The molecule has 3 fully saturated rings. The van der Waals surface area contributed by atoms with Crippen LogP contribution in [0, 0.1) is 38.5 Å². The number of alkyl halides is 6. The van der Waals surface area contributed by atoms with Gasteiger partial charge in [-0.2, -0.15) is 15.3 Å². The number of halogens is 7. The molecule has 6 heterocycles. The number of carbonyl (C=O) groups is 8. The zero-order valence-corrected chi connectivity index (χ0v) is 64.2. The molecule has 112 heavy (non-hydrogen) atoms. The SMILES string of the molecule is CC(C)OC(=O)Cl.CCOC(=O)C1CCC(n2cc3cc(NC(=O)c4cccc(C)n4)c(C(F)F)cc3n2)CC1.Cc1cccc(C(=O)Nc2cc3cn(C4CCC(C(=O)O)CC4)nc3cc2C(F)F)n1.Cc1cccc(C(=O)Nc2cc3cn(C4CCC(C(=O)OC(=O)OC(C)C)CC4)nc3cc2C(F)F)n1.[B].[H-].[Li+].[Li+].[OH-]. The second-order valence-electron chi connectivity index (χ2n) is 26.9. The Morgan fingerprint density at radius 3 is 1.05 bits per heavy atom. The van der Waals surface area contributed by atoms with Crippen molar-refractivity contribution in [3.63, 3.8) is 0 Å². The number of anilines is 3. The number of ether oxygens (including phenoxy) is 4. The fourth-order valence-electron chi connectivity index (χ4n) is 12.9. The molecule has 36 heteroatoms. The molecule has 3 aliphatic rings. The predicted octanol–water partition coefficient (Wildman–Crippen LogP) is 11.1. The second kappa shape index (κ2) is 42.9. The molecule has 3 amide bonds. The summed E-state index contributed by atoms with van der Waals surface area (Å²) in [5.74, 6) is -4.13. The number of rotatable bonds is 18. The Bertz CT molecular complexity index is 4750. The molecule has 0 spiro atoms. The molecule has 0 aliphatic heterocycles. The number of hydrogen-bond donors (Lipinski definition) is 4. The van der Waals surface area contributed by atoms with Crippen LogP contribution in [0.5, 0.6) is 0 Å². The van der Waals surface area contributed by atoms with Crippen LogP contribution in [0.3, 0.4) is 0 Å². The summed E-state index contributed by atoms with van der Waals surface area (Å²) in [7, 11) is 0. The number of aryl methyl sites for hydroxylation is 3. The summed E-state index contributed by atoms with van der Waals surface area (Å²) in [5.41, 5.74) is 1.96. The number of benzene rings is 3. The number of carboxylic acid groups (broad SMARTS) is 1. The number of amides is 3. The van der Waals surface area contributed by atoms with Gasteiger partial charge in [-0.1, -0.05) is 18.2 Å². The molecule has 12 rings (SSSR count). The summed E-state index contributed by atoms with van der Waals surface area (Å²) in [6.07, 6.45) is 2.94. The zero-order chi connectivity index (χ0) is 78.2. The van der Waals surface area contributed by atoms with E-state index in [2.05, 4.69) is 50.9 Å². The molecule has 0 atom stereocenters. The van der Waals surface area contributed by atoms with Crippen LogP contribution >= 0.6 is 11.6 Å². The largest absolute Gasteiger partial charge is 1.00 e. The van der Waals surface area contributed by atoms with E-state index in [4.69, 9.17) is 30.9 Å². The summed E-state index contributed by atoms with van der Waals surface area (Å²) >= 11 is 4.81. The van der Waals surface area contributed by atoms with E-state index in [0.717, 1.165) is 12.8 Å². The van der Waals surface area contributed by atoms with E-state index in [1.54, 1.807) is 124 Å². The molecule has 0 saturated heterocycles. The number of esters is 2. The first-order valence-corrected chi connectivity index (χ1v) is 35.6. The van der Waals surface area contributed by atoms with Crippen molar-refractivity contribution >= 4 is 117 Å². The van der Waals surface area contributed by atoms with Gasteiger partial charge in [-0.25, -0.2) is 50.9 Å². The van der Waals surface area contributed by atoms with E-state index < -0.39 is 66.4 Å². The van der Waals surface area contributed by atoms with Crippen molar-refractivity contribution < 1.29 is 133 Å². The first-order chi connectivity index (χ1) is 51.4. The first-order valence-electron chi connectivity index (χ1n) is 35.3. The topological polar surface area (TPSA) is 352 Å². The van der Waals surface area contributed by atoms with Crippen molar-refractivity contribution in [1.29, 1.82) is 0 Å². The van der Waals surface area contributed by atoms with Crippen LogP contribution < -0.4 is 53.7 Å². The van der Waals surface area contributed by atoms with Crippen molar-refractivity contribution in [2.24, 2.45) is 17.8 Å². The molecule has 3 saturated carbocycles. The monoisotopic (exact) mass is 1560 g/mol. The molecule has 3 radical (unpaired) electrons. The average molecular weight is 1560 g/mol. The van der Waals surface area contributed by atoms with Gasteiger partial charge in [-0.3, -0.25) is 42.8 Å². The molecule has 5 N–H and O–H groups in total. The van der Waals surface area contributed by atoms with Crippen molar-refractivity contribution in [1.82, 2.24) is 44.3 Å². The number of nitrogens with one attached hydrogen (secondary N) is 3. The van der Waals surface area contributed by atoms with Gasteiger partial charge in [0.2, 0.25) is 0 Å². The number of pyridine rings is 3. The van der Waals surface area contributed by atoms with E-state index in [-0.39, 0.29) is 152 Å². The summed E-state index contributed by atoms with van der Waals surface area (Å²) in [4.78, 5) is 107. The van der Waals surface area contributed by atoms with Gasteiger partial charge in [-0.05, 0) is 205 Å². The number of aromatic nitrogens is 9. The van der Waals surface area contributed by atoms with Gasteiger partial charge in [0, 0.05) is 88.5 Å². The van der Waals surface area contributed by atoms with Crippen molar-refractivity contribution in [2.75, 3.05) is 22.6 Å². The molecule has 9 aromatic rings. The molecule has 3 aromatic carbocycles. The third-order valence-electron chi connectivity index (χ3n) is 18.3. The smallest absolute Gasteiger partial charge is 1.00 e. The Hall–Kier alpha value is -9.63. The fourth-order valence-corrected chi connectivity index (χ4v) is 13.1. The first kappa shape index (κ1) is 93.0. The van der Waals surface area contributed by atoms with Gasteiger partial charge in [0.05, 0.1) is 88.3 Å². The molecular weight excluding hydrogens is 1480 g/mol. The summed E-state index contributed by atoms with van der Waals surface area (Å²) in [6.45, 7) is 14.2. The maximum atomic E-state index is 13.8. The van der Waals surface area contributed by atoms with Crippen LogP contribution in [-0.2, 0) is 33.3 Å². The molecular formula is C76H85BClF6Li2N12O14. The molecule has 26 nitrogen and oxygen atoms in total. The van der Waals surface area contributed by atoms with Gasteiger partial charge in [0.1, 0.15) is 17.1 Å². The van der Waals surface area contributed by atoms with Crippen molar-refractivity contribution in [3.05, 3.63) is 160 Å². The molecule has 587 valence electrons. The third-order valence-corrected chi connectivity index (χ3v) is 18.3. The Kier molecular flexibility index (Phi) is 35.6. The maximum absolute atomic E-state index is 13.8. The van der Waals surface area contributed by atoms with E-state index in [0.29, 0.717) is 121 Å². The summed E-state index contributed by atoms with van der Waals surface area (Å²) in [6, 6.07) is 23.3. The number of fused-ring (bicyclic) bond motifs is 3. The minimum Gasteiger partial charge on any atom is -1.00 e. The van der Waals surface area contributed by atoms with E-state index in [1.807, 2.05) is 0 Å². The van der Waals surface area contributed by atoms with Crippen LogP contribution in [-0.4, -0.2) is 129 Å². The van der Waals surface area contributed by atoms with Crippen molar-refractivity contribution in [2.45, 2.75) is 182 Å². The Morgan fingerprint density at radius 2 is 0.795 bits per heavy atom.